The third-order valence-corrected chi connectivity index (χ3v) is 4.44. The van der Waals surface area contributed by atoms with Crippen LogP contribution in [0.25, 0.3) is 10.8 Å². The monoisotopic (exact) mass is 397 g/mol. The molecule has 0 bridgehead atoms. The summed E-state index contributed by atoms with van der Waals surface area (Å²) in [5, 5.41) is 4.87. The molecule has 5 heteroatoms. The topological polar surface area (TPSA) is 55.4 Å². The number of carbonyl (C=O) groups is 2. The summed E-state index contributed by atoms with van der Waals surface area (Å²) in [5.74, 6) is -0.582. The molecule has 3 aromatic carbocycles. The standard InChI is InChI=1S/C20H16BrNO3/c1-2-25-20(24)14-8-10-16(11-9-14)22-19(23)15-7-6-13-4-3-5-18(21)17(13)12-15/h3-12H,2H2,1H3,(H,22,23). The highest BCUT2D eigenvalue weighted by Crippen LogP contribution is 2.25. The molecular weight excluding hydrogens is 382 g/mol. The van der Waals surface area contributed by atoms with Crippen LogP contribution in [0.3, 0.4) is 0 Å². The zero-order chi connectivity index (χ0) is 17.8. The van der Waals surface area contributed by atoms with Crippen molar-refractivity contribution in [2.75, 3.05) is 11.9 Å². The fraction of sp³-hybridized carbons (Fsp3) is 0.100. The Morgan fingerprint density at radius 1 is 1.00 bits per heavy atom. The van der Waals surface area contributed by atoms with Crippen LogP contribution in [-0.2, 0) is 4.74 Å². The van der Waals surface area contributed by atoms with E-state index < -0.39 is 0 Å². The molecule has 3 rings (SSSR count). The van der Waals surface area contributed by atoms with Crippen LogP contribution in [0.4, 0.5) is 5.69 Å². The highest BCUT2D eigenvalue weighted by molar-refractivity contribution is 9.10. The van der Waals surface area contributed by atoms with Crippen molar-refractivity contribution in [3.05, 3.63) is 76.3 Å². The maximum absolute atomic E-state index is 12.5. The van der Waals surface area contributed by atoms with Gasteiger partial charge in [-0.1, -0.05) is 34.1 Å². The normalized spacial score (nSPS) is 10.5. The fourth-order valence-corrected chi connectivity index (χ4v) is 2.98. The largest absolute Gasteiger partial charge is 0.462 e. The molecule has 0 fully saturated rings. The van der Waals surface area contributed by atoms with Crippen LogP contribution in [0.1, 0.15) is 27.6 Å². The van der Waals surface area contributed by atoms with Crippen molar-refractivity contribution < 1.29 is 14.3 Å². The van der Waals surface area contributed by atoms with Gasteiger partial charge < -0.3 is 10.1 Å². The Morgan fingerprint density at radius 3 is 2.44 bits per heavy atom. The van der Waals surface area contributed by atoms with Crippen molar-refractivity contribution in [1.29, 1.82) is 0 Å². The molecule has 126 valence electrons. The maximum Gasteiger partial charge on any atom is 0.338 e. The van der Waals surface area contributed by atoms with Gasteiger partial charge in [-0.05, 0) is 60.2 Å². The molecule has 1 N–H and O–H groups in total. The summed E-state index contributed by atoms with van der Waals surface area (Å²) in [7, 11) is 0. The third kappa shape index (κ3) is 3.88. The second-order valence-electron chi connectivity index (χ2n) is 5.43. The molecule has 25 heavy (non-hydrogen) atoms. The van der Waals surface area contributed by atoms with Crippen molar-refractivity contribution in [3.8, 4) is 0 Å². The van der Waals surface area contributed by atoms with Gasteiger partial charge in [-0.3, -0.25) is 4.79 Å². The first kappa shape index (κ1) is 17.2. The molecule has 0 aromatic heterocycles. The Hall–Kier alpha value is -2.66. The van der Waals surface area contributed by atoms with Crippen molar-refractivity contribution in [1.82, 2.24) is 0 Å². The first-order chi connectivity index (χ1) is 12.1. The Bertz CT molecular complexity index is 935. The molecule has 0 spiro atoms. The first-order valence-electron chi connectivity index (χ1n) is 7.85. The molecule has 0 heterocycles. The molecule has 0 atom stereocenters. The molecular formula is C20H16BrNO3. The van der Waals surface area contributed by atoms with E-state index >= 15 is 0 Å². The van der Waals surface area contributed by atoms with Gasteiger partial charge in [0.2, 0.25) is 0 Å². The van der Waals surface area contributed by atoms with E-state index in [0.29, 0.717) is 23.4 Å². The van der Waals surface area contributed by atoms with Gasteiger partial charge in [0.1, 0.15) is 0 Å². The number of amides is 1. The number of nitrogens with one attached hydrogen (secondary N) is 1. The lowest BCUT2D eigenvalue weighted by Crippen LogP contribution is -2.12. The molecule has 1 amide bonds. The lowest BCUT2D eigenvalue weighted by Gasteiger charge is -2.08. The second-order valence-corrected chi connectivity index (χ2v) is 6.28. The summed E-state index contributed by atoms with van der Waals surface area (Å²) in [5.41, 5.74) is 1.63. The Kier molecular flexibility index (Phi) is 5.14. The van der Waals surface area contributed by atoms with Gasteiger partial charge >= 0.3 is 5.97 Å². The van der Waals surface area contributed by atoms with Crippen LogP contribution < -0.4 is 5.32 Å². The van der Waals surface area contributed by atoms with Crippen LogP contribution in [0, 0.1) is 0 Å². The lowest BCUT2D eigenvalue weighted by atomic mass is 10.1. The molecule has 0 aliphatic carbocycles. The predicted octanol–water partition coefficient (Wildman–Crippen LogP) is 5.03. The minimum Gasteiger partial charge on any atom is -0.462 e. The third-order valence-electron chi connectivity index (χ3n) is 3.75. The van der Waals surface area contributed by atoms with E-state index in [-0.39, 0.29) is 11.9 Å². The van der Waals surface area contributed by atoms with E-state index in [0.717, 1.165) is 15.2 Å². The number of benzene rings is 3. The number of rotatable bonds is 4. The number of fused-ring (bicyclic) bond motifs is 1. The van der Waals surface area contributed by atoms with Crippen LogP contribution >= 0.6 is 15.9 Å². The van der Waals surface area contributed by atoms with E-state index in [4.69, 9.17) is 4.74 Å². The average Bonchev–Trinajstić information content (AvgIpc) is 2.62. The SMILES string of the molecule is CCOC(=O)c1ccc(NC(=O)c2ccc3cccc(Br)c3c2)cc1. The number of carbonyl (C=O) groups excluding carboxylic acids is 2. The van der Waals surface area contributed by atoms with Gasteiger partial charge in [-0.15, -0.1) is 0 Å². The summed E-state index contributed by atoms with van der Waals surface area (Å²) in [6.07, 6.45) is 0. The zero-order valence-corrected chi connectivity index (χ0v) is 15.2. The van der Waals surface area contributed by atoms with Gasteiger partial charge in [0, 0.05) is 15.7 Å². The van der Waals surface area contributed by atoms with E-state index in [2.05, 4.69) is 21.2 Å². The van der Waals surface area contributed by atoms with Crippen LogP contribution in [0.2, 0.25) is 0 Å². The highest BCUT2D eigenvalue weighted by atomic mass is 79.9. The van der Waals surface area contributed by atoms with Crippen molar-refractivity contribution in [3.63, 3.8) is 0 Å². The number of halogens is 1. The molecule has 0 saturated heterocycles. The molecule has 0 aliphatic rings. The van der Waals surface area contributed by atoms with E-state index in [9.17, 15) is 9.59 Å². The lowest BCUT2D eigenvalue weighted by molar-refractivity contribution is 0.0526. The van der Waals surface area contributed by atoms with E-state index in [1.54, 1.807) is 37.3 Å². The summed E-state index contributed by atoms with van der Waals surface area (Å²) in [6.45, 7) is 2.09. The van der Waals surface area contributed by atoms with E-state index in [1.165, 1.54) is 0 Å². The second kappa shape index (κ2) is 7.49. The van der Waals surface area contributed by atoms with Crippen molar-refractivity contribution in [2.24, 2.45) is 0 Å². The summed E-state index contributed by atoms with van der Waals surface area (Å²) < 4.78 is 5.88. The van der Waals surface area contributed by atoms with Gasteiger partial charge in [0.25, 0.3) is 5.91 Å². The van der Waals surface area contributed by atoms with Crippen LogP contribution in [-0.4, -0.2) is 18.5 Å². The number of hydrogen-bond acceptors (Lipinski definition) is 3. The van der Waals surface area contributed by atoms with Crippen molar-refractivity contribution in [2.45, 2.75) is 6.92 Å². The predicted molar refractivity (Wildman–Crippen MR) is 102 cm³/mol. The van der Waals surface area contributed by atoms with Crippen LogP contribution in [0.5, 0.6) is 0 Å². The maximum atomic E-state index is 12.5. The molecule has 4 nitrogen and oxygen atoms in total. The smallest absolute Gasteiger partial charge is 0.338 e. The Morgan fingerprint density at radius 2 is 1.72 bits per heavy atom. The highest BCUT2D eigenvalue weighted by Gasteiger charge is 2.10. The number of ether oxygens (including phenoxy) is 1. The average molecular weight is 398 g/mol. The van der Waals surface area contributed by atoms with E-state index in [1.807, 2.05) is 30.3 Å². The first-order valence-corrected chi connectivity index (χ1v) is 8.64. The minimum atomic E-state index is -0.375. The minimum absolute atomic E-state index is 0.207. The fourth-order valence-electron chi connectivity index (χ4n) is 2.48. The summed E-state index contributed by atoms with van der Waals surface area (Å²) >= 11 is 3.51. The number of anilines is 1. The molecule has 0 aliphatic heterocycles. The molecule has 0 unspecified atom stereocenters. The summed E-state index contributed by atoms with van der Waals surface area (Å²) in [6, 6.07) is 18.1. The van der Waals surface area contributed by atoms with Crippen LogP contribution in [0.15, 0.2) is 65.1 Å². The molecule has 3 aromatic rings. The van der Waals surface area contributed by atoms with Gasteiger partial charge in [0.15, 0.2) is 0 Å². The zero-order valence-electron chi connectivity index (χ0n) is 13.6. The quantitative estimate of drug-likeness (QED) is 0.627. The Labute approximate surface area is 153 Å². The van der Waals surface area contributed by atoms with Gasteiger partial charge in [-0.2, -0.15) is 0 Å². The van der Waals surface area contributed by atoms with Gasteiger partial charge in [0.05, 0.1) is 12.2 Å². The Balaban J connectivity index is 1.78. The number of hydrogen-bond donors (Lipinski definition) is 1. The van der Waals surface area contributed by atoms with Gasteiger partial charge in [-0.25, -0.2) is 4.79 Å². The molecule has 0 saturated carbocycles. The summed E-state index contributed by atoms with van der Waals surface area (Å²) in [4.78, 5) is 24.1. The number of esters is 1. The molecule has 0 radical (unpaired) electrons. The van der Waals surface area contributed by atoms with Crippen molar-refractivity contribution >= 4 is 44.3 Å².